The highest BCUT2D eigenvalue weighted by Crippen LogP contribution is 2.15. The van der Waals surface area contributed by atoms with Crippen LogP contribution in [0.1, 0.15) is 31.7 Å². The fourth-order valence-electron chi connectivity index (χ4n) is 2.95. The van der Waals surface area contributed by atoms with Crippen LogP contribution >= 0.6 is 0 Å². The molecule has 1 aromatic carbocycles. The molecule has 1 unspecified atom stereocenters. The van der Waals surface area contributed by atoms with E-state index in [9.17, 15) is 4.79 Å². The summed E-state index contributed by atoms with van der Waals surface area (Å²) in [4.78, 5) is 14.4. The Bertz CT molecular complexity index is 459. The Morgan fingerprint density at radius 3 is 2.82 bits per heavy atom. The van der Waals surface area contributed by atoms with Crippen LogP contribution in [-0.2, 0) is 11.2 Å². The second-order valence-corrected chi connectivity index (χ2v) is 6.07. The first-order chi connectivity index (χ1) is 10.7. The van der Waals surface area contributed by atoms with Crippen molar-refractivity contribution in [1.82, 2.24) is 10.2 Å². The molecule has 0 spiro atoms. The zero-order valence-electron chi connectivity index (χ0n) is 13.8. The number of nitrogens with zero attached hydrogens (tertiary/aromatic N) is 1. The van der Waals surface area contributed by atoms with Gasteiger partial charge in [-0.2, -0.15) is 0 Å². The summed E-state index contributed by atoms with van der Waals surface area (Å²) in [5, 5.41) is 3.08. The summed E-state index contributed by atoms with van der Waals surface area (Å²) in [6, 6.07) is 8.22. The van der Waals surface area contributed by atoms with Gasteiger partial charge in [0.05, 0.1) is 12.5 Å². The fraction of sp³-hybridized carbons (Fsp3) is 0.611. The van der Waals surface area contributed by atoms with Crippen molar-refractivity contribution in [3.05, 3.63) is 29.8 Å². The number of piperidine rings is 1. The van der Waals surface area contributed by atoms with E-state index in [4.69, 9.17) is 4.74 Å². The maximum atomic E-state index is 12.1. The van der Waals surface area contributed by atoms with Crippen molar-refractivity contribution in [2.24, 2.45) is 5.92 Å². The van der Waals surface area contributed by atoms with Crippen molar-refractivity contribution in [2.45, 2.75) is 32.6 Å². The summed E-state index contributed by atoms with van der Waals surface area (Å²) in [7, 11) is 2.09. The molecule has 0 aromatic heterocycles. The number of benzene rings is 1. The van der Waals surface area contributed by atoms with E-state index in [0.717, 1.165) is 51.1 Å². The molecule has 1 heterocycles. The SMILES string of the molecule is CCOc1ccc(CCCNC(=O)C2CCCN(C)C2)cc1. The van der Waals surface area contributed by atoms with Crippen LogP contribution in [0.3, 0.4) is 0 Å². The average molecular weight is 304 g/mol. The van der Waals surface area contributed by atoms with Crippen LogP contribution in [0.25, 0.3) is 0 Å². The van der Waals surface area contributed by atoms with E-state index in [-0.39, 0.29) is 11.8 Å². The minimum Gasteiger partial charge on any atom is -0.494 e. The average Bonchev–Trinajstić information content (AvgIpc) is 2.53. The van der Waals surface area contributed by atoms with Gasteiger partial charge < -0.3 is 15.0 Å². The standard InChI is InChI=1S/C18H28N2O2/c1-3-22-17-10-8-15(9-11-17)6-4-12-19-18(21)16-7-5-13-20(2)14-16/h8-11,16H,3-7,12-14H2,1-2H3,(H,19,21). The van der Waals surface area contributed by atoms with Gasteiger partial charge in [-0.05, 0) is 63.9 Å². The maximum absolute atomic E-state index is 12.1. The number of carbonyl (C=O) groups is 1. The van der Waals surface area contributed by atoms with Crippen molar-refractivity contribution < 1.29 is 9.53 Å². The molecule has 0 bridgehead atoms. The molecule has 0 radical (unpaired) electrons. The van der Waals surface area contributed by atoms with Crippen molar-refractivity contribution in [1.29, 1.82) is 0 Å². The summed E-state index contributed by atoms with van der Waals surface area (Å²) in [5.74, 6) is 1.31. The highest BCUT2D eigenvalue weighted by Gasteiger charge is 2.23. The monoisotopic (exact) mass is 304 g/mol. The Balaban J connectivity index is 1.65. The lowest BCUT2D eigenvalue weighted by Gasteiger charge is -2.28. The molecule has 1 aliphatic rings. The van der Waals surface area contributed by atoms with Gasteiger partial charge in [0.15, 0.2) is 0 Å². The number of carbonyl (C=O) groups excluding carboxylic acids is 1. The Labute approximate surface area is 133 Å². The van der Waals surface area contributed by atoms with E-state index >= 15 is 0 Å². The Kier molecular flexibility index (Phi) is 6.72. The van der Waals surface area contributed by atoms with Crippen molar-refractivity contribution in [2.75, 3.05) is 33.3 Å². The van der Waals surface area contributed by atoms with Crippen LogP contribution in [0.4, 0.5) is 0 Å². The van der Waals surface area contributed by atoms with E-state index in [1.807, 2.05) is 19.1 Å². The molecule has 22 heavy (non-hydrogen) atoms. The molecular weight excluding hydrogens is 276 g/mol. The van der Waals surface area contributed by atoms with Crippen LogP contribution in [0.2, 0.25) is 0 Å². The van der Waals surface area contributed by atoms with Gasteiger partial charge >= 0.3 is 0 Å². The molecule has 1 amide bonds. The highest BCUT2D eigenvalue weighted by molar-refractivity contribution is 5.78. The molecule has 1 aliphatic heterocycles. The van der Waals surface area contributed by atoms with Crippen LogP contribution < -0.4 is 10.1 Å². The van der Waals surface area contributed by atoms with Crippen LogP contribution in [-0.4, -0.2) is 44.1 Å². The second kappa shape index (κ2) is 8.79. The van der Waals surface area contributed by atoms with Gasteiger partial charge in [-0.25, -0.2) is 0 Å². The zero-order valence-corrected chi connectivity index (χ0v) is 13.8. The molecule has 4 nitrogen and oxygen atoms in total. The van der Waals surface area contributed by atoms with Gasteiger partial charge in [-0.15, -0.1) is 0 Å². The van der Waals surface area contributed by atoms with E-state index in [2.05, 4.69) is 29.4 Å². The number of likely N-dealkylation sites (tertiary alicyclic amines) is 1. The molecule has 1 fully saturated rings. The molecule has 0 aliphatic carbocycles. The minimum atomic E-state index is 0.171. The zero-order chi connectivity index (χ0) is 15.8. The molecule has 1 aromatic rings. The van der Waals surface area contributed by atoms with Gasteiger partial charge in [0.25, 0.3) is 0 Å². The normalized spacial score (nSPS) is 18.9. The molecule has 2 rings (SSSR count). The van der Waals surface area contributed by atoms with Gasteiger partial charge in [-0.1, -0.05) is 12.1 Å². The number of nitrogens with one attached hydrogen (secondary N) is 1. The summed E-state index contributed by atoms with van der Waals surface area (Å²) >= 11 is 0. The topological polar surface area (TPSA) is 41.6 Å². The molecule has 1 saturated heterocycles. The summed E-state index contributed by atoms with van der Waals surface area (Å²) in [6.45, 7) is 5.45. The Morgan fingerprint density at radius 2 is 2.14 bits per heavy atom. The third kappa shape index (κ3) is 5.34. The molecule has 1 N–H and O–H groups in total. The second-order valence-electron chi connectivity index (χ2n) is 6.07. The van der Waals surface area contributed by atoms with Gasteiger partial charge in [0.2, 0.25) is 5.91 Å². The predicted molar refractivity (Wildman–Crippen MR) is 89.2 cm³/mol. The van der Waals surface area contributed by atoms with E-state index in [0.29, 0.717) is 6.61 Å². The summed E-state index contributed by atoms with van der Waals surface area (Å²) < 4.78 is 5.43. The lowest BCUT2D eigenvalue weighted by atomic mass is 9.97. The number of amides is 1. The number of hydrogen-bond donors (Lipinski definition) is 1. The minimum absolute atomic E-state index is 0.171. The van der Waals surface area contributed by atoms with Gasteiger partial charge in [0, 0.05) is 13.1 Å². The molecule has 4 heteroatoms. The van der Waals surface area contributed by atoms with Crippen molar-refractivity contribution in [3.63, 3.8) is 0 Å². The maximum Gasteiger partial charge on any atom is 0.224 e. The lowest BCUT2D eigenvalue weighted by Crippen LogP contribution is -2.41. The Hall–Kier alpha value is -1.55. The third-order valence-electron chi connectivity index (χ3n) is 4.17. The summed E-state index contributed by atoms with van der Waals surface area (Å²) in [6.07, 6.45) is 4.11. The van der Waals surface area contributed by atoms with Gasteiger partial charge in [0.1, 0.15) is 5.75 Å². The van der Waals surface area contributed by atoms with Crippen molar-refractivity contribution in [3.8, 4) is 5.75 Å². The molecule has 122 valence electrons. The first kappa shape index (κ1) is 16.8. The first-order valence-electron chi connectivity index (χ1n) is 8.37. The van der Waals surface area contributed by atoms with Crippen LogP contribution in [0, 0.1) is 5.92 Å². The number of ether oxygens (including phenoxy) is 1. The number of hydrogen-bond acceptors (Lipinski definition) is 3. The Morgan fingerprint density at radius 1 is 1.36 bits per heavy atom. The molecular formula is C18H28N2O2. The third-order valence-corrected chi connectivity index (χ3v) is 4.17. The molecule has 0 saturated carbocycles. The van der Waals surface area contributed by atoms with Crippen molar-refractivity contribution >= 4 is 5.91 Å². The van der Waals surface area contributed by atoms with E-state index < -0.39 is 0 Å². The first-order valence-corrected chi connectivity index (χ1v) is 8.37. The van der Waals surface area contributed by atoms with E-state index in [1.165, 1.54) is 5.56 Å². The smallest absolute Gasteiger partial charge is 0.224 e. The predicted octanol–water partition coefficient (Wildman–Crippen LogP) is 2.48. The number of aryl methyl sites for hydroxylation is 1. The highest BCUT2D eigenvalue weighted by atomic mass is 16.5. The van der Waals surface area contributed by atoms with E-state index in [1.54, 1.807) is 0 Å². The summed E-state index contributed by atoms with van der Waals surface area (Å²) in [5.41, 5.74) is 1.29. The number of rotatable bonds is 7. The van der Waals surface area contributed by atoms with Crippen LogP contribution in [0.5, 0.6) is 5.75 Å². The lowest BCUT2D eigenvalue weighted by molar-refractivity contribution is -0.126. The molecule has 1 atom stereocenters. The quantitative estimate of drug-likeness (QED) is 0.787. The fourth-order valence-corrected chi connectivity index (χ4v) is 2.95. The van der Waals surface area contributed by atoms with Gasteiger partial charge in [-0.3, -0.25) is 4.79 Å². The van der Waals surface area contributed by atoms with Crippen LogP contribution in [0.15, 0.2) is 24.3 Å². The largest absolute Gasteiger partial charge is 0.494 e.